The molecule has 1 N–H and O–H groups in total. The molecule has 1 aromatic heterocycles. The number of nitro groups is 1. The maximum atomic E-state index is 12.3. The molecule has 1 amide bonds. The van der Waals surface area contributed by atoms with E-state index in [9.17, 15) is 14.9 Å². The number of rotatable bonds is 6. The SMILES string of the molecule is COc1ccc(C(=O)N[C@@H](C)c2csc(C(C)C)n2)cc1[N+](=O)[O-]. The molecule has 1 heterocycles. The number of nitrogens with zero attached hydrogens (tertiary/aromatic N) is 2. The van der Waals surface area contributed by atoms with Gasteiger partial charge in [0.05, 0.1) is 28.8 Å². The van der Waals surface area contributed by atoms with E-state index in [1.165, 1.54) is 25.3 Å². The predicted molar refractivity (Wildman–Crippen MR) is 91.7 cm³/mol. The van der Waals surface area contributed by atoms with Crippen LogP contribution in [-0.2, 0) is 0 Å². The van der Waals surface area contributed by atoms with Crippen molar-refractivity contribution < 1.29 is 14.5 Å². The summed E-state index contributed by atoms with van der Waals surface area (Å²) in [7, 11) is 1.35. The Morgan fingerprint density at radius 2 is 2.08 bits per heavy atom. The molecule has 24 heavy (non-hydrogen) atoms. The van der Waals surface area contributed by atoms with Gasteiger partial charge in [-0.2, -0.15) is 0 Å². The number of nitro benzene ring substituents is 1. The minimum atomic E-state index is -0.575. The first-order valence-electron chi connectivity index (χ1n) is 7.42. The van der Waals surface area contributed by atoms with Gasteiger partial charge in [0.2, 0.25) is 0 Å². The Bertz CT molecular complexity index is 758. The normalized spacial score (nSPS) is 12.0. The van der Waals surface area contributed by atoms with Gasteiger partial charge in [0.15, 0.2) is 5.75 Å². The zero-order valence-corrected chi connectivity index (χ0v) is 14.7. The van der Waals surface area contributed by atoms with Crippen molar-refractivity contribution in [2.24, 2.45) is 0 Å². The molecule has 0 radical (unpaired) electrons. The average molecular weight is 349 g/mol. The van der Waals surface area contributed by atoms with Crippen LogP contribution in [0.15, 0.2) is 23.6 Å². The molecule has 8 heteroatoms. The summed E-state index contributed by atoms with van der Waals surface area (Å²) in [6, 6.07) is 3.83. The third-order valence-electron chi connectivity index (χ3n) is 3.46. The summed E-state index contributed by atoms with van der Waals surface area (Å²) in [5.41, 5.74) is 0.738. The largest absolute Gasteiger partial charge is 0.490 e. The fourth-order valence-electron chi connectivity index (χ4n) is 2.09. The molecular formula is C16H19N3O4S. The van der Waals surface area contributed by atoms with Gasteiger partial charge in [0, 0.05) is 22.9 Å². The second kappa shape index (κ2) is 7.39. The predicted octanol–water partition coefficient (Wildman–Crippen LogP) is 3.67. The van der Waals surface area contributed by atoms with Crippen LogP contribution in [-0.4, -0.2) is 22.9 Å². The lowest BCUT2D eigenvalue weighted by Gasteiger charge is -2.12. The highest BCUT2D eigenvalue weighted by Gasteiger charge is 2.20. The second-order valence-corrected chi connectivity index (χ2v) is 6.49. The summed E-state index contributed by atoms with van der Waals surface area (Å²) in [6.07, 6.45) is 0. The molecule has 0 aliphatic heterocycles. The van der Waals surface area contributed by atoms with Crippen LogP contribution in [0.25, 0.3) is 0 Å². The van der Waals surface area contributed by atoms with Crippen LogP contribution in [0.2, 0.25) is 0 Å². The van der Waals surface area contributed by atoms with Crippen molar-refractivity contribution in [1.82, 2.24) is 10.3 Å². The number of amides is 1. The Labute approximate surface area is 143 Å². The number of aromatic nitrogens is 1. The zero-order chi connectivity index (χ0) is 17.9. The molecule has 7 nitrogen and oxygen atoms in total. The van der Waals surface area contributed by atoms with Gasteiger partial charge >= 0.3 is 5.69 Å². The topological polar surface area (TPSA) is 94.4 Å². The van der Waals surface area contributed by atoms with Crippen molar-refractivity contribution in [2.75, 3.05) is 7.11 Å². The number of ether oxygens (including phenoxy) is 1. The molecule has 0 bridgehead atoms. The van der Waals surface area contributed by atoms with Gasteiger partial charge in [-0.3, -0.25) is 14.9 Å². The van der Waals surface area contributed by atoms with E-state index in [0.717, 1.165) is 10.7 Å². The van der Waals surface area contributed by atoms with E-state index in [1.807, 2.05) is 12.3 Å². The maximum absolute atomic E-state index is 12.3. The van der Waals surface area contributed by atoms with Gasteiger partial charge in [-0.25, -0.2) is 4.98 Å². The Hall–Kier alpha value is -2.48. The van der Waals surface area contributed by atoms with Crippen LogP contribution >= 0.6 is 11.3 Å². The fourth-order valence-corrected chi connectivity index (χ4v) is 3.02. The van der Waals surface area contributed by atoms with Crippen molar-refractivity contribution in [3.05, 3.63) is 50.0 Å². The van der Waals surface area contributed by atoms with E-state index >= 15 is 0 Å². The highest BCUT2D eigenvalue weighted by molar-refractivity contribution is 7.09. The summed E-state index contributed by atoms with van der Waals surface area (Å²) in [5.74, 6) is 0.0499. The van der Waals surface area contributed by atoms with Gasteiger partial charge in [0.1, 0.15) is 0 Å². The monoisotopic (exact) mass is 349 g/mol. The van der Waals surface area contributed by atoms with Crippen LogP contribution in [0.3, 0.4) is 0 Å². The quantitative estimate of drug-likeness (QED) is 0.634. The van der Waals surface area contributed by atoms with Crippen molar-refractivity contribution in [3.8, 4) is 5.75 Å². The van der Waals surface area contributed by atoms with Gasteiger partial charge in [0.25, 0.3) is 5.91 Å². The standard InChI is InChI=1S/C16H19N3O4S/c1-9(2)16-18-12(8-24-16)10(3)17-15(20)11-5-6-14(23-4)13(7-11)19(21)22/h5-10H,1-4H3,(H,17,20)/t10-/m0/s1. The highest BCUT2D eigenvalue weighted by Crippen LogP contribution is 2.28. The molecular weight excluding hydrogens is 330 g/mol. The zero-order valence-electron chi connectivity index (χ0n) is 13.9. The number of hydrogen-bond donors (Lipinski definition) is 1. The first-order chi connectivity index (χ1) is 11.3. The first-order valence-corrected chi connectivity index (χ1v) is 8.30. The van der Waals surface area contributed by atoms with Gasteiger partial charge in [-0.05, 0) is 19.1 Å². The second-order valence-electron chi connectivity index (χ2n) is 5.60. The van der Waals surface area contributed by atoms with Crippen molar-refractivity contribution in [2.45, 2.75) is 32.7 Å². The highest BCUT2D eigenvalue weighted by atomic mass is 32.1. The van der Waals surface area contributed by atoms with Crippen LogP contribution in [0.4, 0.5) is 5.69 Å². The minimum Gasteiger partial charge on any atom is -0.490 e. The van der Waals surface area contributed by atoms with Crippen LogP contribution < -0.4 is 10.1 Å². The lowest BCUT2D eigenvalue weighted by Crippen LogP contribution is -2.27. The Kier molecular flexibility index (Phi) is 5.50. The molecule has 128 valence electrons. The Balaban J connectivity index is 2.16. The first kappa shape index (κ1) is 17.9. The van der Waals surface area contributed by atoms with E-state index in [4.69, 9.17) is 4.74 Å². The van der Waals surface area contributed by atoms with Gasteiger partial charge < -0.3 is 10.1 Å². The Morgan fingerprint density at radius 3 is 2.62 bits per heavy atom. The smallest absolute Gasteiger partial charge is 0.311 e. The number of methoxy groups -OCH3 is 1. The van der Waals surface area contributed by atoms with E-state index in [2.05, 4.69) is 24.1 Å². The molecule has 0 spiro atoms. The summed E-state index contributed by atoms with van der Waals surface area (Å²) in [6.45, 7) is 5.94. The molecule has 0 unspecified atom stereocenters. The van der Waals surface area contributed by atoms with Crippen LogP contribution in [0.5, 0.6) is 5.75 Å². The van der Waals surface area contributed by atoms with Crippen molar-refractivity contribution >= 4 is 22.9 Å². The molecule has 0 aliphatic carbocycles. The maximum Gasteiger partial charge on any atom is 0.311 e. The number of benzene rings is 1. The minimum absolute atomic E-state index is 0.116. The number of hydrogen-bond acceptors (Lipinski definition) is 6. The van der Waals surface area contributed by atoms with E-state index in [0.29, 0.717) is 5.92 Å². The molecule has 2 rings (SSSR count). The molecule has 2 aromatic rings. The number of thiazole rings is 1. The Morgan fingerprint density at radius 1 is 1.38 bits per heavy atom. The third-order valence-corrected chi connectivity index (χ3v) is 4.63. The molecule has 0 saturated carbocycles. The molecule has 1 atom stereocenters. The van der Waals surface area contributed by atoms with E-state index in [1.54, 1.807) is 11.3 Å². The number of nitrogens with one attached hydrogen (secondary N) is 1. The van der Waals surface area contributed by atoms with Crippen molar-refractivity contribution in [3.63, 3.8) is 0 Å². The summed E-state index contributed by atoms with van der Waals surface area (Å²) in [5, 5.41) is 16.8. The van der Waals surface area contributed by atoms with Crippen LogP contribution in [0.1, 0.15) is 53.8 Å². The average Bonchev–Trinajstić information content (AvgIpc) is 3.04. The van der Waals surface area contributed by atoms with E-state index in [-0.39, 0.29) is 23.0 Å². The van der Waals surface area contributed by atoms with Crippen LogP contribution in [0, 0.1) is 10.1 Å². The summed E-state index contributed by atoms with van der Waals surface area (Å²) < 4.78 is 4.93. The lowest BCUT2D eigenvalue weighted by molar-refractivity contribution is -0.385. The summed E-state index contributed by atoms with van der Waals surface area (Å²) in [4.78, 5) is 27.3. The summed E-state index contributed by atoms with van der Waals surface area (Å²) >= 11 is 1.55. The number of carbonyl (C=O) groups is 1. The third kappa shape index (κ3) is 3.88. The van der Waals surface area contributed by atoms with Crippen molar-refractivity contribution in [1.29, 1.82) is 0 Å². The fraction of sp³-hybridized carbons (Fsp3) is 0.375. The van der Waals surface area contributed by atoms with Gasteiger partial charge in [-0.15, -0.1) is 11.3 Å². The van der Waals surface area contributed by atoms with Gasteiger partial charge in [-0.1, -0.05) is 13.8 Å². The molecule has 0 fully saturated rings. The lowest BCUT2D eigenvalue weighted by atomic mass is 10.1. The molecule has 0 saturated heterocycles. The number of carbonyl (C=O) groups excluding carboxylic acids is 1. The molecule has 1 aromatic carbocycles. The van der Waals surface area contributed by atoms with E-state index < -0.39 is 10.8 Å². The molecule has 0 aliphatic rings.